The van der Waals surface area contributed by atoms with Gasteiger partial charge in [-0.15, -0.1) is 0 Å². The molecule has 3 aromatic rings. The van der Waals surface area contributed by atoms with Gasteiger partial charge in [-0.05, 0) is 74.4 Å². The van der Waals surface area contributed by atoms with Crippen molar-refractivity contribution in [3.8, 4) is 0 Å². The van der Waals surface area contributed by atoms with E-state index in [9.17, 15) is 44.4 Å². The number of rotatable bonds is 17. The monoisotopic (exact) mass is 962 g/mol. The number of aliphatic hydroxyl groups excluding tert-OH is 3. The zero-order valence-corrected chi connectivity index (χ0v) is 38.8. The number of carbonyl (C=O) groups excluding carboxylic acids is 4. The quantitative estimate of drug-likeness (QED) is 0.106. The summed E-state index contributed by atoms with van der Waals surface area (Å²) in [4.78, 5) is 68.5. The van der Waals surface area contributed by atoms with E-state index in [1.807, 2.05) is 0 Å². The van der Waals surface area contributed by atoms with Crippen LogP contribution in [0.25, 0.3) is 0 Å². The highest BCUT2D eigenvalue weighted by molar-refractivity contribution is 5.90. The summed E-state index contributed by atoms with van der Waals surface area (Å²) in [6.07, 6.45) is -14.9. The molecular weight excluding hydrogens is 901 g/mol. The van der Waals surface area contributed by atoms with Gasteiger partial charge in [0.05, 0.1) is 48.0 Å². The third-order valence-electron chi connectivity index (χ3n) is 13.4. The summed E-state index contributed by atoms with van der Waals surface area (Å²) in [5.74, 6) is -5.85. The number of benzene rings is 3. The van der Waals surface area contributed by atoms with E-state index in [0.717, 1.165) is 32.1 Å². The molecule has 18 nitrogen and oxygen atoms in total. The lowest BCUT2D eigenvalue weighted by Gasteiger charge is -2.49. The second kappa shape index (κ2) is 24.0. The minimum atomic E-state index is -1.76. The topological polar surface area (TPSA) is 249 Å². The maximum Gasteiger partial charge on any atom is 0.338 e. The third kappa shape index (κ3) is 12.9. The zero-order valence-electron chi connectivity index (χ0n) is 38.8. The lowest BCUT2D eigenvalue weighted by Crippen LogP contribution is -2.65. The van der Waals surface area contributed by atoms with Gasteiger partial charge >= 0.3 is 29.8 Å². The van der Waals surface area contributed by atoms with E-state index in [1.165, 1.54) is 50.4 Å². The second-order valence-corrected chi connectivity index (χ2v) is 18.3. The molecule has 4 aliphatic rings. The Morgan fingerprint density at radius 1 is 0.638 bits per heavy atom. The first-order valence-corrected chi connectivity index (χ1v) is 23.6. The van der Waals surface area contributed by atoms with Gasteiger partial charge in [-0.1, -0.05) is 93.6 Å². The van der Waals surface area contributed by atoms with Gasteiger partial charge in [0.2, 0.25) is 0 Å². The van der Waals surface area contributed by atoms with Crippen LogP contribution in [0.5, 0.6) is 0 Å². The van der Waals surface area contributed by atoms with Crippen LogP contribution in [0.3, 0.4) is 0 Å². The smallest absolute Gasteiger partial charge is 0.338 e. The van der Waals surface area contributed by atoms with Gasteiger partial charge in [-0.3, -0.25) is 4.79 Å². The summed E-state index contributed by atoms with van der Waals surface area (Å²) in [5.41, 5.74) is 0.373. The van der Waals surface area contributed by atoms with E-state index in [2.05, 4.69) is 0 Å². The first-order valence-electron chi connectivity index (χ1n) is 23.6. The van der Waals surface area contributed by atoms with Gasteiger partial charge in [0, 0.05) is 0 Å². The molecule has 374 valence electrons. The molecule has 4 N–H and O–H groups in total. The Morgan fingerprint density at radius 2 is 1.20 bits per heavy atom. The highest BCUT2D eigenvalue weighted by Gasteiger charge is 2.56. The standard InChI is InChI=1S/C51H62O18/c1-28-24-34(46(57)61-3)26-35(41(28)69-50-40(54)39(53)38(52)29(2)63-50)65-51-44(68-49(60)33-22-14-7-15-23-33)43(64-36(45(55)56)25-30-16-8-4-9-17-30)42(67-48(59)32-20-12-6-13-21-32)37(66-51)27-62-47(58)31-18-10-5-11-19-31/h5-7,10-15,18-23,28-30,34-44,50-54H,4,8-9,16-17,24-27H2,1-3H3,(H,55,56)/t28-,29?,34?,35-,36+,37+,38-,39?,40+,41?,42+,43?,44?,50+,51-/m1/s1. The number of esters is 4. The number of hydrogen-bond acceptors (Lipinski definition) is 17. The lowest BCUT2D eigenvalue weighted by atomic mass is 9.78. The van der Waals surface area contributed by atoms with Crippen molar-refractivity contribution in [3.05, 3.63) is 108 Å². The number of aliphatic hydroxyl groups is 3. The Hall–Kier alpha value is -5.31. The lowest BCUT2D eigenvalue weighted by molar-refractivity contribution is -0.348. The summed E-state index contributed by atoms with van der Waals surface area (Å²) in [5, 5.41) is 43.0. The molecule has 3 aromatic carbocycles. The molecule has 4 fully saturated rings. The number of hydrogen-bond donors (Lipinski definition) is 4. The molecule has 0 spiro atoms. The van der Waals surface area contributed by atoms with E-state index >= 15 is 0 Å². The first kappa shape index (κ1) is 51.5. The summed E-state index contributed by atoms with van der Waals surface area (Å²) in [7, 11) is 1.24. The maximum absolute atomic E-state index is 14.3. The number of carboxylic acids is 1. The van der Waals surface area contributed by atoms with Gasteiger partial charge in [-0.25, -0.2) is 19.2 Å². The molecule has 2 aliphatic carbocycles. The van der Waals surface area contributed by atoms with Crippen LogP contribution in [-0.2, 0) is 52.2 Å². The molecule has 7 rings (SSSR count). The SMILES string of the molecule is COC(=O)C1C[C@@H](C)C(O[C@@H]2OC(C)[C@@H](O)C(O)[C@@H]2O)[C@H](O[C@@H]2O[C@@H](COC(=O)c3ccccc3)[C@H](OC(=O)c3ccccc3)C(O[C@@H](CC3CCCCC3)C(=O)O)C2OC(=O)c2ccccc2)C1. The first-order chi connectivity index (χ1) is 33.2. The molecule has 0 radical (unpaired) electrons. The Kier molecular flexibility index (Phi) is 17.9. The van der Waals surface area contributed by atoms with Crippen molar-refractivity contribution < 1.29 is 87.0 Å². The summed E-state index contributed by atoms with van der Waals surface area (Å²) >= 11 is 0. The van der Waals surface area contributed by atoms with Crippen molar-refractivity contribution in [2.75, 3.05) is 13.7 Å². The van der Waals surface area contributed by atoms with Crippen molar-refractivity contribution in [3.63, 3.8) is 0 Å². The van der Waals surface area contributed by atoms with Crippen LogP contribution < -0.4 is 0 Å². The minimum absolute atomic E-state index is 0.0402. The van der Waals surface area contributed by atoms with Crippen molar-refractivity contribution >= 4 is 29.8 Å². The van der Waals surface area contributed by atoms with Crippen molar-refractivity contribution in [2.24, 2.45) is 17.8 Å². The minimum Gasteiger partial charge on any atom is -0.479 e. The number of carbonyl (C=O) groups is 5. The highest BCUT2D eigenvalue weighted by Crippen LogP contribution is 2.40. The van der Waals surface area contributed by atoms with Gasteiger partial charge < -0.3 is 63.1 Å². The van der Waals surface area contributed by atoms with E-state index in [-0.39, 0.29) is 41.9 Å². The Morgan fingerprint density at radius 3 is 1.77 bits per heavy atom. The predicted molar refractivity (Wildman–Crippen MR) is 240 cm³/mol. The molecule has 2 saturated carbocycles. The van der Waals surface area contributed by atoms with Gasteiger partial charge in [0.1, 0.15) is 37.1 Å². The van der Waals surface area contributed by atoms with Crippen molar-refractivity contribution in [1.29, 1.82) is 0 Å². The molecule has 15 atom stereocenters. The Labute approximate surface area is 400 Å². The average Bonchev–Trinajstić information content (AvgIpc) is 3.37. The molecule has 2 heterocycles. The van der Waals surface area contributed by atoms with Crippen LogP contribution in [0.2, 0.25) is 0 Å². The molecule has 69 heavy (non-hydrogen) atoms. The zero-order chi connectivity index (χ0) is 49.2. The third-order valence-corrected chi connectivity index (χ3v) is 13.4. The summed E-state index contributed by atoms with van der Waals surface area (Å²) in [6, 6.07) is 23.9. The fourth-order valence-electron chi connectivity index (χ4n) is 9.65. The van der Waals surface area contributed by atoms with Gasteiger partial charge in [0.15, 0.2) is 30.9 Å². The van der Waals surface area contributed by atoms with Crippen molar-refractivity contribution in [1.82, 2.24) is 0 Å². The molecular formula is C51H62O18. The Balaban J connectivity index is 1.33. The summed E-state index contributed by atoms with van der Waals surface area (Å²) in [6.45, 7) is 2.63. The van der Waals surface area contributed by atoms with Crippen LogP contribution in [0.15, 0.2) is 91.0 Å². The maximum atomic E-state index is 14.3. The van der Waals surface area contributed by atoms with Crippen LogP contribution in [-0.4, -0.2) is 144 Å². The largest absolute Gasteiger partial charge is 0.479 e. The van der Waals surface area contributed by atoms with E-state index in [0.29, 0.717) is 0 Å². The normalized spacial score (nSPS) is 32.2. The Bertz CT molecular complexity index is 2150. The van der Waals surface area contributed by atoms with Crippen LogP contribution >= 0.6 is 0 Å². The van der Waals surface area contributed by atoms with Crippen molar-refractivity contribution in [2.45, 2.75) is 145 Å². The van der Waals surface area contributed by atoms with Crippen LogP contribution in [0.1, 0.15) is 96.3 Å². The number of methoxy groups -OCH3 is 1. The molecule has 18 heteroatoms. The highest BCUT2D eigenvalue weighted by atomic mass is 16.8. The van der Waals surface area contributed by atoms with Crippen LogP contribution in [0, 0.1) is 17.8 Å². The number of ether oxygens (including phenoxy) is 9. The molecule has 2 aliphatic heterocycles. The number of carboxylic acid groups (broad SMARTS) is 1. The van der Waals surface area contributed by atoms with Gasteiger partial charge in [0.25, 0.3) is 0 Å². The van der Waals surface area contributed by atoms with E-state index in [1.54, 1.807) is 61.5 Å². The second-order valence-electron chi connectivity index (χ2n) is 18.3. The molecule has 0 bridgehead atoms. The fraction of sp³-hybridized carbons (Fsp3) is 0.549. The fourth-order valence-corrected chi connectivity index (χ4v) is 9.65. The van der Waals surface area contributed by atoms with E-state index < -0.39 is 128 Å². The van der Waals surface area contributed by atoms with E-state index in [4.69, 9.17) is 42.6 Å². The van der Waals surface area contributed by atoms with Crippen LogP contribution in [0.4, 0.5) is 0 Å². The number of aliphatic carboxylic acids is 1. The average molecular weight is 963 g/mol. The molecule has 2 saturated heterocycles. The van der Waals surface area contributed by atoms with Gasteiger partial charge in [-0.2, -0.15) is 0 Å². The molecule has 6 unspecified atom stereocenters. The predicted octanol–water partition coefficient (Wildman–Crippen LogP) is 4.65. The molecule has 0 aromatic heterocycles. The summed E-state index contributed by atoms with van der Waals surface area (Å²) < 4.78 is 55.8. The molecule has 0 amide bonds.